The van der Waals surface area contributed by atoms with Gasteiger partial charge in [0.1, 0.15) is 6.54 Å². The first-order chi connectivity index (χ1) is 8.95. The van der Waals surface area contributed by atoms with E-state index < -0.39 is 5.97 Å². The van der Waals surface area contributed by atoms with Crippen LogP contribution in [0, 0.1) is 0 Å². The molecule has 0 bridgehead atoms. The second-order valence-electron chi connectivity index (χ2n) is 5.27. The van der Waals surface area contributed by atoms with E-state index in [0.717, 1.165) is 25.8 Å². The molecular weight excluding hydrogens is 246 g/mol. The Balaban J connectivity index is 2.51. The molecule has 0 aliphatic heterocycles. The van der Waals surface area contributed by atoms with Crippen LogP contribution in [-0.2, 0) is 4.79 Å². The molecular formula is C13H25N3O3. The Hall–Kier alpha value is -1.30. The van der Waals surface area contributed by atoms with Crippen molar-refractivity contribution in [2.45, 2.75) is 32.2 Å². The zero-order valence-electron chi connectivity index (χ0n) is 12.1. The molecule has 1 aliphatic rings. The normalized spacial score (nSPS) is 14.5. The van der Waals surface area contributed by atoms with Gasteiger partial charge in [-0.15, -0.1) is 0 Å². The molecule has 0 unspecified atom stereocenters. The minimum Gasteiger partial charge on any atom is -0.480 e. The topological polar surface area (TPSA) is 64.1 Å². The van der Waals surface area contributed by atoms with Crippen LogP contribution in [0.4, 0.5) is 4.79 Å². The van der Waals surface area contributed by atoms with Gasteiger partial charge in [0.25, 0.3) is 0 Å². The molecule has 1 saturated carbocycles. The number of rotatable bonds is 8. The lowest BCUT2D eigenvalue weighted by atomic mass is 10.3. The molecule has 0 atom stereocenters. The fourth-order valence-corrected chi connectivity index (χ4v) is 2.03. The van der Waals surface area contributed by atoms with Crippen LogP contribution in [0.3, 0.4) is 0 Å². The van der Waals surface area contributed by atoms with Crippen LogP contribution >= 0.6 is 0 Å². The number of carboxylic acid groups (broad SMARTS) is 1. The summed E-state index contributed by atoms with van der Waals surface area (Å²) in [6.45, 7) is 3.96. The number of amides is 2. The molecule has 0 aromatic carbocycles. The van der Waals surface area contributed by atoms with Crippen molar-refractivity contribution in [1.82, 2.24) is 14.7 Å². The zero-order chi connectivity index (χ0) is 14.4. The Morgan fingerprint density at radius 1 is 1.21 bits per heavy atom. The lowest BCUT2D eigenvalue weighted by Crippen LogP contribution is -2.47. The molecule has 110 valence electrons. The van der Waals surface area contributed by atoms with E-state index in [9.17, 15) is 9.59 Å². The third kappa shape index (κ3) is 5.46. The van der Waals surface area contributed by atoms with Crippen LogP contribution in [-0.4, -0.2) is 78.1 Å². The van der Waals surface area contributed by atoms with Gasteiger partial charge < -0.3 is 19.8 Å². The van der Waals surface area contributed by atoms with E-state index in [-0.39, 0.29) is 18.6 Å². The SMILES string of the molecule is CCN(CCCN(C)C)C(=O)N(CC(=O)O)C1CC1. The molecule has 0 heterocycles. The summed E-state index contributed by atoms with van der Waals surface area (Å²) in [4.78, 5) is 28.5. The van der Waals surface area contributed by atoms with Crippen molar-refractivity contribution in [3.8, 4) is 0 Å². The van der Waals surface area contributed by atoms with Gasteiger partial charge in [0.2, 0.25) is 0 Å². The van der Waals surface area contributed by atoms with E-state index in [1.807, 2.05) is 21.0 Å². The Labute approximate surface area is 115 Å². The molecule has 19 heavy (non-hydrogen) atoms. The van der Waals surface area contributed by atoms with Crippen molar-refractivity contribution in [3.05, 3.63) is 0 Å². The number of nitrogens with zero attached hydrogens (tertiary/aromatic N) is 3. The first-order valence-electron chi connectivity index (χ1n) is 6.87. The zero-order valence-corrected chi connectivity index (χ0v) is 12.1. The van der Waals surface area contributed by atoms with Gasteiger partial charge in [0, 0.05) is 19.1 Å². The summed E-state index contributed by atoms with van der Waals surface area (Å²) in [6, 6.07) is -0.00217. The fraction of sp³-hybridized carbons (Fsp3) is 0.846. The maximum Gasteiger partial charge on any atom is 0.323 e. The minimum atomic E-state index is -0.940. The van der Waals surface area contributed by atoms with Crippen LogP contribution in [0.15, 0.2) is 0 Å². The summed E-state index contributed by atoms with van der Waals surface area (Å²) >= 11 is 0. The molecule has 0 aromatic rings. The maximum atomic E-state index is 12.3. The molecule has 6 nitrogen and oxygen atoms in total. The average molecular weight is 271 g/mol. The first-order valence-corrected chi connectivity index (χ1v) is 6.87. The Morgan fingerprint density at radius 3 is 2.26 bits per heavy atom. The predicted molar refractivity (Wildman–Crippen MR) is 73.2 cm³/mol. The molecule has 2 amide bonds. The molecule has 6 heteroatoms. The molecule has 0 radical (unpaired) electrons. The first kappa shape index (κ1) is 15.8. The molecule has 0 aromatic heterocycles. The highest BCUT2D eigenvalue weighted by Crippen LogP contribution is 2.27. The monoisotopic (exact) mass is 271 g/mol. The summed E-state index contributed by atoms with van der Waals surface area (Å²) in [5.74, 6) is -0.940. The fourth-order valence-electron chi connectivity index (χ4n) is 2.03. The molecule has 0 saturated heterocycles. The minimum absolute atomic E-state index is 0.131. The highest BCUT2D eigenvalue weighted by Gasteiger charge is 2.35. The van der Waals surface area contributed by atoms with Gasteiger partial charge in [-0.1, -0.05) is 0 Å². The summed E-state index contributed by atoms with van der Waals surface area (Å²) in [6.07, 6.45) is 2.75. The van der Waals surface area contributed by atoms with E-state index in [1.165, 1.54) is 4.90 Å². The molecule has 0 spiro atoms. The second-order valence-corrected chi connectivity index (χ2v) is 5.27. The molecule has 1 N–H and O–H groups in total. The Kier molecular flexibility index (Phi) is 6.08. The Bertz CT molecular complexity index is 316. The summed E-state index contributed by atoms with van der Waals surface area (Å²) in [5.41, 5.74) is 0. The van der Waals surface area contributed by atoms with E-state index in [0.29, 0.717) is 13.1 Å². The van der Waals surface area contributed by atoms with Gasteiger partial charge in [-0.25, -0.2) is 4.79 Å². The van der Waals surface area contributed by atoms with Crippen molar-refractivity contribution in [2.24, 2.45) is 0 Å². The van der Waals surface area contributed by atoms with Crippen molar-refractivity contribution < 1.29 is 14.7 Å². The quantitative estimate of drug-likeness (QED) is 0.713. The van der Waals surface area contributed by atoms with Gasteiger partial charge in [0.05, 0.1) is 0 Å². The summed E-state index contributed by atoms with van der Waals surface area (Å²) < 4.78 is 0. The van der Waals surface area contributed by atoms with Crippen molar-refractivity contribution in [2.75, 3.05) is 40.3 Å². The maximum absolute atomic E-state index is 12.3. The number of carbonyl (C=O) groups excluding carboxylic acids is 1. The lowest BCUT2D eigenvalue weighted by molar-refractivity contribution is -0.137. The van der Waals surface area contributed by atoms with Gasteiger partial charge in [-0.2, -0.15) is 0 Å². The lowest BCUT2D eigenvalue weighted by Gasteiger charge is -2.29. The molecule has 1 fully saturated rings. The van der Waals surface area contributed by atoms with Gasteiger partial charge in [-0.3, -0.25) is 4.79 Å². The standard InChI is InChI=1S/C13H25N3O3/c1-4-15(9-5-8-14(2)3)13(19)16(10-12(17)18)11-6-7-11/h11H,4-10H2,1-3H3,(H,17,18). The van der Waals surface area contributed by atoms with Gasteiger partial charge in [0.15, 0.2) is 0 Å². The number of hydrogen-bond acceptors (Lipinski definition) is 3. The smallest absolute Gasteiger partial charge is 0.323 e. The molecule has 1 aliphatic carbocycles. The third-order valence-corrected chi connectivity index (χ3v) is 3.22. The van der Waals surface area contributed by atoms with Crippen molar-refractivity contribution >= 4 is 12.0 Å². The van der Waals surface area contributed by atoms with E-state index in [4.69, 9.17) is 5.11 Å². The average Bonchev–Trinajstić information content (AvgIpc) is 3.14. The van der Waals surface area contributed by atoms with Crippen LogP contribution in [0.25, 0.3) is 0 Å². The third-order valence-electron chi connectivity index (χ3n) is 3.22. The van der Waals surface area contributed by atoms with Crippen LogP contribution in [0.5, 0.6) is 0 Å². The van der Waals surface area contributed by atoms with Crippen LogP contribution in [0.1, 0.15) is 26.2 Å². The summed E-state index contributed by atoms with van der Waals surface area (Å²) in [5, 5.41) is 8.89. The number of aliphatic carboxylic acids is 1. The number of carbonyl (C=O) groups is 2. The summed E-state index contributed by atoms with van der Waals surface area (Å²) in [7, 11) is 4.00. The van der Waals surface area contributed by atoms with Crippen molar-refractivity contribution in [3.63, 3.8) is 0 Å². The van der Waals surface area contributed by atoms with Crippen molar-refractivity contribution in [1.29, 1.82) is 0 Å². The second kappa shape index (κ2) is 7.33. The number of carboxylic acids is 1. The van der Waals surface area contributed by atoms with Crippen LogP contribution < -0.4 is 0 Å². The molecule has 1 rings (SSSR count). The number of urea groups is 1. The highest BCUT2D eigenvalue weighted by molar-refractivity contribution is 5.80. The largest absolute Gasteiger partial charge is 0.480 e. The highest BCUT2D eigenvalue weighted by atomic mass is 16.4. The predicted octanol–water partition coefficient (Wildman–Crippen LogP) is 0.929. The Morgan fingerprint density at radius 2 is 1.84 bits per heavy atom. The van der Waals surface area contributed by atoms with E-state index >= 15 is 0 Å². The van der Waals surface area contributed by atoms with Gasteiger partial charge >= 0.3 is 12.0 Å². The van der Waals surface area contributed by atoms with Gasteiger partial charge in [-0.05, 0) is 46.8 Å². The van der Waals surface area contributed by atoms with E-state index in [1.54, 1.807) is 4.90 Å². The van der Waals surface area contributed by atoms with Crippen LogP contribution in [0.2, 0.25) is 0 Å². The van der Waals surface area contributed by atoms with E-state index in [2.05, 4.69) is 4.90 Å². The number of hydrogen-bond donors (Lipinski definition) is 1.